The molecule has 1 aromatic heterocycles. The van der Waals surface area contributed by atoms with Gasteiger partial charge in [-0.1, -0.05) is 6.92 Å². The van der Waals surface area contributed by atoms with Crippen molar-refractivity contribution in [3.63, 3.8) is 0 Å². The Morgan fingerprint density at radius 1 is 1.38 bits per heavy atom. The minimum absolute atomic E-state index is 0.282. The zero-order valence-electron chi connectivity index (χ0n) is 12.7. The van der Waals surface area contributed by atoms with E-state index in [4.69, 9.17) is 4.74 Å². The van der Waals surface area contributed by atoms with Crippen molar-refractivity contribution in [2.24, 2.45) is 5.92 Å². The molecular formula is C17H22N2O2. The number of hydrogen-bond acceptors (Lipinski definition) is 3. The number of carbonyl (C=O) groups excluding carboxylic acids is 1. The second-order valence-corrected chi connectivity index (χ2v) is 6.02. The number of likely N-dealkylation sites (tertiary alicyclic amines) is 1. The molecule has 1 aliphatic heterocycles. The lowest BCUT2D eigenvalue weighted by molar-refractivity contribution is 0.0601. The Labute approximate surface area is 125 Å². The van der Waals surface area contributed by atoms with E-state index in [9.17, 15) is 4.79 Å². The highest BCUT2D eigenvalue weighted by atomic mass is 16.5. The van der Waals surface area contributed by atoms with Crippen LogP contribution < -0.4 is 0 Å². The monoisotopic (exact) mass is 286 g/mol. The Hall–Kier alpha value is -1.81. The van der Waals surface area contributed by atoms with Crippen LogP contribution in [0.5, 0.6) is 0 Å². The summed E-state index contributed by atoms with van der Waals surface area (Å²) in [5.41, 5.74) is 2.94. The highest BCUT2D eigenvalue weighted by molar-refractivity contribution is 5.95. The van der Waals surface area contributed by atoms with Gasteiger partial charge in [0.2, 0.25) is 0 Å². The predicted molar refractivity (Wildman–Crippen MR) is 83.3 cm³/mol. The number of carbonyl (C=O) groups is 1. The van der Waals surface area contributed by atoms with Crippen molar-refractivity contribution in [1.29, 1.82) is 0 Å². The van der Waals surface area contributed by atoms with Crippen LogP contribution in [0.15, 0.2) is 24.4 Å². The van der Waals surface area contributed by atoms with Crippen molar-refractivity contribution in [2.45, 2.75) is 26.3 Å². The molecule has 4 heteroatoms. The van der Waals surface area contributed by atoms with Crippen molar-refractivity contribution >= 4 is 16.9 Å². The highest BCUT2D eigenvalue weighted by Crippen LogP contribution is 2.24. The van der Waals surface area contributed by atoms with Gasteiger partial charge in [0.15, 0.2) is 0 Å². The summed E-state index contributed by atoms with van der Waals surface area (Å²) in [6.45, 7) is 5.58. The molecule has 1 fully saturated rings. The molecule has 1 aliphatic rings. The maximum absolute atomic E-state index is 11.7. The predicted octanol–water partition coefficient (Wildman–Crippen LogP) is 3.19. The van der Waals surface area contributed by atoms with Crippen molar-refractivity contribution in [1.82, 2.24) is 9.88 Å². The standard InChI is InChI=1S/C17H22N2O2/c1-12-5-7-19(8-6-12)11-14-10-18-16-4-3-13(9-15(14)16)17(20)21-2/h3-4,9-10,12,18H,5-8,11H2,1-2H3. The molecule has 2 heterocycles. The molecule has 0 amide bonds. The van der Waals surface area contributed by atoms with E-state index in [1.165, 1.54) is 25.5 Å². The van der Waals surface area contributed by atoms with E-state index in [0.717, 1.165) is 36.5 Å². The number of rotatable bonds is 3. The number of benzene rings is 1. The maximum Gasteiger partial charge on any atom is 0.337 e. The number of methoxy groups -OCH3 is 1. The first-order chi connectivity index (χ1) is 10.2. The summed E-state index contributed by atoms with van der Waals surface area (Å²) < 4.78 is 4.80. The smallest absolute Gasteiger partial charge is 0.337 e. The Bertz CT molecular complexity index is 639. The van der Waals surface area contributed by atoms with E-state index in [-0.39, 0.29) is 5.97 Å². The molecule has 0 unspecified atom stereocenters. The van der Waals surface area contributed by atoms with Crippen molar-refractivity contribution < 1.29 is 9.53 Å². The molecule has 1 N–H and O–H groups in total. The van der Waals surface area contributed by atoms with Crippen LogP contribution in [-0.4, -0.2) is 36.1 Å². The number of piperidine rings is 1. The second-order valence-electron chi connectivity index (χ2n) is 6.02. The zero-order valence-corrected chi connectivity index (χ0v) is 12.7. The summed E-state index contributed by atoms with van der Waals surface area (Å²) in [6.07, 6.45) is 4.61. The molecule has 0 bridgehead atoms. The third kappa shape index (κ3) is 2.95. The zero-order chi connectivity index (χ0) is 14.8. The minimum Gasteiger partial charge on any atom is -0.465 e. The number of esters is 1. The number of ether oxygens (including phenoxy) is 1. The Balaban J connectivity index is 1.83. The van der Waals surface area contributed by atoms with Gasteiger partial charge in [-0.2, -0.15) is 0 Å². The Morgan fingerprint density at radius 2 is 2.14 bits per heavy atom. The van der Waals surface area contributed by atoms with Crippen LogP contribution in [0.4, 0.5) is 0 Å². The first-order valence-electron chi connectivity index (χ1n) is 7.58. The lowest BCUT2D eigenvalue weighted by Crippen LogP contribution is -2.32. The van der Waals surface area contributed by atoms with Gasteiger partial charge in [-0.15, -0.1) is 0 Å². The first-order valence-corrected chi connectivity index (χ1v) is 7.58. The maximum atomic E-state index is 11.7. The molecule has 1 aromatic carbocycles. The summed E-state index contributed by atoms with van der Waals surface area (Å²) in [6, 6.07) is 5.68. The van der Waals surface area contributed by atoms with Crippen molar-refractivity contribution in [2.75, 3.05) is 20.2 Å². The van der Waals surface area contributed by atoms with Crippen LogP contribution in [0.25, 0.3) is 10.9 Å². The van der Waals surface area contributed by atoms with Crippen LogP contribution in [0, 0.1) is 5.92 Å². The van der Waals surface area contributed by atoms with E-state index >= 15 is 0 Å². The van der Waals surface area contributed by atoms with Gasteiger partial charge in [0.1, 0.15) is 0 Å². The fourth-order valence-electron chi connectivity index (χ4n) is 3.02. The molecule has 21 heavy (non-hydrogen) atoms. The van der Waals surface area contributed by atoms with Gasteiger partial charge in [0.05, 0.1) is 12.7 Å². The number of H-pyrrole nitrogens is 1. The molecule has 0 atom stereocenters. The molecule has 0 saturated carbocycles. The van der Waals surface area contributed by atoms with Crippen LogP contribution >= 0.6 is 0 Å². The minimum atomic E-state index is -0.282. The number of aromatic amines is 1. The number of hydrogen-bond donors (Lipinski definition) is 1. The molecule has 1 saturated heterocycles. The normalized spacial score (nSPS) is 17.2. The molecule has 0 radical (unpaired) electrons. The first kappa shape index (κ1) is 14.1. The summed E-state index contributed by atoms with van der Waals surface area (Å²) in [7, 11) is 1.42. The summed E-state index contributed by atoms with van der Waals surface area (Å²) in [4.78, 5) is 17.5. The summed E-state index contributed by atoms with van der Waals surface area (Å²) >= 11 is 0. The van der Waals surface area contributed by atoms with E-state index in [2.05, 4.69) is 23.0 Å². The topological polar surface area (TPSA) is 45.3 Å². The molecule has 4 nitrogen and oxygen atoms in total. The third-order valence-electron chi connectivity index (χ3n) is 4.46. The SMILES string of the molecule is COC(=O)c1ccc2[nH]cc(CN3CCC(C)CC3)c2c1. The van der Waals surface area contributed by atoms with Gasteiger partial charge >= 0.3 is 5.97 Å². The van der Waals surface area contributed by atoms with Gasteiger partial charge in [-0.3, -0.25) is 4.90 Å². The van der Waals surface area contributed by atoms with Crippen LogP contribution in [-0.2, 0) is 11.3 Å². The second kappa shape index (κ2) is 5.90. The number of aromatic nitrogens is 1. The lowest BCUT2D eigenvalue weighted by Gasteiger charge is -2.29. The van der Waals surface area contributed by atoms with Crippen LogP contribution in [0.1, 0.15) is 35.7 Å². The van der Waals surface area contributed by atoms with Gasteiger partial charge < -0.3 is 9.72 Å². The quantitative estimate of drug-likeness (QED) is 0.881. The van der Waals surface area contributed by atoms with Crippen molar-refractivity contribution in [3.05, 3.63) is 35.5 Å². The Morgan fingerprint density at radius 3 is 2.86 bits per heavy atom. The Kier molecular flexibility index (Phi) is 3.97. The van der Waals surface area contributed by atoms with E-state index in [1.54, 1.807) is 6.07 Å². The van der Waals surface area contributed by atoms with E-state index in [0.29, 0.717) is 5.56 Å². The largest absolute Gasteiger partial charge is 0.465 e. The molecule has 0 spiro atoms. The van der Waals surface area contributed by atoms with Gasteiger partial charge in [0, 0.05) is 23.6 Å². The fraction of sp³-hybridized carbons (Fsp3) is 0.471. The van der Waals surface area contributed by atoms with Gasteiger partial charge in [-0.05, 0) is 55.6 Å². The summed E-state index contributed by atoms with van der Waals surface area (Å²) in [5, 5.41) is 1.12. The van der Waals surface area contributed by atoms with E-state index in [1.807, 2.05) is 12.1 Å². The van der Waals surface area contributed by atoms with E-state index < -0.39 is 0 Å². The van der Waals surface area contributed by atoms with Crippen LogP contribution in [0.3, 0.4) is 0 Å². The highest BCUT2D eigenvalue weighted by Gasteiger charge is 2.17. The lowest BCUT2D eigenvalue weighted by atomic mass is 9.99. The molecular weight excluding hydrogens is 264 g/mol. The van der Waals surface area contributed by atoms with Gasteiger partial charge in [0.25, 0.3) is 0 Å². The van der Waals surface area contributed by atoms with Crippen LogP contribution in [0.2, 0.25) is 0 Å². The average Bonchev–Trinajstić information content (AvgIpc) is 2.91. The molecule has 2 aromatic rings. The average molecular weight is 286 g/mol. The molecule has 3 rings (SSSR count). The third-order valence-corrected chi connectivity index (χ3v) is 4.46. The fourth-order valence-corrected chi connectivity index (χ4v) is 3.02. The number of fused-ring (bicyclic) bond motifs is 1. The number of nitrogens with one attached hydrogen (secondary N) is 1. The van der Waals surface area contributed by atoms with Gasteiger partial charge in [-0.25, -0.2) is 4.79 Å². The number of nitrogens with zero attached hydrogens (tertiary/aromatic N) is 1. The molecule has 112 valence electrons. The summed E-state index contributed by atoms with van der Waals surface area (Å²) in [5.74, 6) is 0.561. The molecule has 0 aliphatic carbocycles. The van der Waals surface area contributed by atoms with Crippen molar-refractivity contribution in [3.8, 4) is 0 Å².